The van der Waals surface area contributed by atoms with E-state index in [0.717, 1.165) is 64.2 Å². The van der Waals surface area contributed by atoms with E-state index < -0.39 is 7.60 Å². The van der Waals surface area contributed by atoms with Crippen molar-refractivity contribution in [2.75, 3.05) is 32.6 Å². The number of unbranched alkanes of at least 4 members (excludes halogenated alkanes) is 8. The molecule has 7 nitrogen and oxygen atoms in total. The molecule has 0 aromatic rings. The van der Waals surface area contributed by atoms with Crippen LogP contribution in [0, 0.1) is 0 Å². The summed E-state index contributed by atoms with van der Waals surface area (Å²) in [6, 6.07) is 0. The molecule has 186 valence electrons. The summed E-state index contributed by atoms with van der Waals surface area (Å²) in [5, 5.41) is 0. The van der Waals surface area contributed by atoms with Gasteiger partial charge in [0.1, 0.15) is 0 Å². The normalized spacial score (nSPS) is 11.2. The highest BCUT2D eigenvalue weighted by Crippen LogP contribution is 2.47. The Morgan fingerprint density at radius 3 is 1.25 bits per heavy atom. The van der Waals surface area contributed by atoms with Crippen LogP contribution in [0.1, 0.15) is 85.0 Å². The fourth-order valence-corrected chi connectivity index (χ4v) is 3.93. The molecule has 0 rings (SSSR count). The third-order valence-electron chi connectivity index (χ3n) is 4.70. The molecular formula is C24H43O7P. The smallest absolute Gasteiger partial charge is 0.333 e. The Morgan fingerprint density at radius 1 is 0.625 bits per heavy atom. The second-order valence-corrected chi connectivity index (χ2v) is 10.3. The first kappa shape index (κ1) is 30.6. The van der Waals surface area contributed by atoms with E-state index in [1.807, 2.05) is 6.92 Å². The van der Waals surface area contributed by atoms with Crippen molar-refractivity contribution in [3.8, 4) is 0 Å². The van der Waals surface area contributed by atoms with Gasteiger partial charge >= 0.3 is 19.5 Å². The van der Waals surface area contributed by atoms with Gasteiger partial charge in [0.25, 0.3) is 0 Å². The molecule has 32 heavy (non-hydrogen) atoms. The average molecular weight is 475 g/mol. The third-order valence-corrected chi connectivity index (χ3v) is 6.63. The predicted molar refractivity (Wildman–Crippen MR) is 128 cm³/mol. The van der Waals surface area contributed by atoms with E-state index in [1.54, 1.807) is 13.8 Å². The van der Waals surface area contributed by atoms with E-state index >= 15 is 0 Å². The zero-order valence-corrected chi connectivity index (χ0v) is 21.2. The minimum atomic E-state index is -3.01. The van der Waals surface area contributed by atoms with Gasteiger partial charge < -0.3 is 18.5 Å². The lowest BCUT2D eigenvalue weighted by atomic mass is 10.1. The summed E-state index contributed by atoms with van der Waals surface area (Å²) in [4.78, 5) is 22.5. The Labute approximate surface area is 194 Å². The van der Waals surface area contributed by atoms with Crippen LogP contribution in [0.25, 0.3) is 0 Å². The number of carbonyl (C=O) groups excluding carboxylic acids is 2. The molecule has 0 amide bonds. The van der Waals surface area contributed by atoms with Crippen molar-refractivity contribution in [3.63, 3.8) is 0 Å². The Kier molecular flexibility index (Phi) is 18.2. The Bertz CT molecular complexity index is 567. The summed E-state index contributed by atoms with van der Waals surface area (Å²) in [6.45, 7) is 13.9. The topological polar surface area (TPSA) is 88.1 Å². The second kappa shape index (κ2) is 19.1. The van der Waals surface area contributed by atoms with Crippen LogP contribution in [-0.2, 0) is 32.7 Å². The van der Waals surface area contributed by atoms with Crippen molar-refractivity contribution in [2.45, 2.75) is 85.0 Å². The molecule has 0 saturated heterocycles. The molecule has 0 radical (unpaired) electrons. The molecule has 8 heteroatoms. The number of hydrogen-bond acceptors (Lipinski definition) is 7. The van der Waals surface area contributed by atoms with Crippen LogP contribution in [0.2, 0.25) is 0 Å². The molecule has 0 unspecified atom stereocenters. The third kappa shape index (κ3) is 17.2. The molecule has 0 aromatic carbocycles. The van der Waals surface area contributed by atoms with Crippen molar-refractivity contribution in [3.05, 3.63) is 24.3 Å². The van der Waals surface area contributed by atoms with Crippen molar-refractivity contribution in [2.24, 2.45) is 0 Å². The molecule has 0 N–H and O–H groups in total. The molecule has 0 heterocycles. The van der Waals surface area contributed by atoms with Crippen LogP contribution in [0.15, 0.2) is 24.3 Å². The van der Waals surface area contributed by atoms with Crippen LogP contribution >= 0.6 is 7.60 Å². The number of hydrogen-bond donors (Lipinski definition) is 0. The quantitative estimate of drug-likeness (QED) is 0.0826. The first-order valence-corrected chi connectivity index (χ1v) is 13.5. The lowest BCUT2D eigenvalue weighted by Crippen LogP contribution is -2.06. The van der Waals surface area contributed by atoms with E-state index in [9.17, 15) is 14.2 Å². The molecule has 0 atom stereocenters. The fourth-order valence-electron chi connectivity index (χ4n) is 2.67. The maximum atomic E-state index is 12.6. The highest BCUT2D eigenvalue weighted by molar-refractivity contribution is 7.53. The maximum Gasteiger partial charge on any atom is 0.333 e. The van der Waals surface area contributed by atoms with Crippen LogP contribution in [0.5, 0.6) is 0 Å². The summed E-state index contributed by atoms with van der Waals surface area (Å²) in [5.41, 5.74) is 0.840. The van der Waals surface area contributed by atoms with E-state index in [0.29, 0.717) is 43.7 Å². The van der Waals surface area contributed by atoms with Gasteiger partial charge in [-0.1, -0.05) is 58.6 Å². The van der Waals surface area contributed by atoms with Gasteiger partial charge in [0, 0.05) is 17.3 Å². The summed E-state index contributed by atoms with van der Waals surface area (Å²) in [6.07, 6.45) is 9.60. The van der Waals surface area contributed by atoms with Gasteiger partial charge in [-0.2, -0.15) is 0 Å². The number of carbonyl (C=O) groups is 2. The molecule has 0 aliphatic rings. The van der Waals surface area contributed by atoms with Crippen LogP contribution in [0.3, 0.4) is 0 Å². The Hall–Kier alpha value is -1.43. The van der Waals surface area contributed by atoms with E-state index in [-0.39, 0.29) is 11.9 Å². The monoisotopic (exact) mass is 474 g/mol. The van der Waals surface area contributed by atoms with Crippen molar-refractivity contribution in [1.29, 1.82) is 0 Å². The van der Waals surface area contributed by atoms with Gasteiger partial charge in [-0.3, -0.25) is 4.57 Å². The van der Waals surface area contributed by atoms with Gasteiger partial charge in [0.05, 0.1) is 26.4 Å². The molecule has 0 spiro atoms. The van der Waals surface area contributed by atoms with E-state index in [2.05, 4.69) is 13.2 Å². The first-order valence-electron chi connectivity index (χ1n) is 11.7. The van der Waals surface area contributed by atoms with Crippen molar-refractivity contribution < 1.29 is 32.7 Å². The second-order valence-electron chi connectivity index (χ2n) is 7.96. The number of esters is 2. The largest absolute Gasteiger partial charge is 0.462 e. The van der Waals surface area contributed by atoms with Crippen molar-refractivity contribution in [1.82, 2.24) is 0 Å². The fraction of sp³-hybridized carbons (Fsp3) is 0.750. The lowest BCUT2D eigenvalue weighted by Gasteiger charge is -2.17. The average Bonchev–Trinajstić information content (AvgIpc) is 2.76. The van der Waals surface area contributed by atoms with Gasteiger partial charge in [0.15, 0.2) is 0 Å². The summed E-state index contributed by atoms with van der Waals surface area (Å²) in [5.74, 6) is -0.675. The summed E-state index contributed by atoms with van der Waals surface area (Å²) in [7, 11) is -3.01. The zero-order valence-electron chi connectivity index (χ0n) is 20.3. The molecule has 0 saturated carbocycles. The molecular weight excluding hydrogens is 431 g/mol. The zero-order chi connectivity index (χ0) is 24.2. The summed E-state index contributed by atoms with van der Waals surface area (Å²) < 4.78 is 33.8. The van der Waals surface area contributed by atoms with Crippen LogP contribution in [0.4, 0.5) is 0 Å². The number of ether oxygens (including phenoxy) is 2. The summed E-state index contributed by atoms with van der Waals surface area (Å²) >= 11 is 0. The molecule has 0 fully saturated rings. The highest BCUT2D eigenvalue weighted by atomic mass is 31.2. The highest BCUT2D eigenvalue weighted by Gasteiger charge is 2.21. The van der Waals surface area contributed by atoms with Crippen LogP contribution < -0.4 is 0 Å². The number of rotatable bonds is 21. The molecule has 0 aliphatic heterocycles. The molecule has 0 bridgehead atoms. The van der Waals surface area contributed by atoms with Crippen molar-refractivity contribution >= 4 is 19.5 Å². The maximum absolute atomic E-state index is 12.6. The Morgan fingerprint density at radius 2 is 0.938 bits per heavy atom. The van der Waals surface area contributed by atoms with Gasteiger partial charge in [-0.05, 0) is 39.5 Å². The van der Waals surface area contributed by atoms with Crippen LogP contribution in [-0.4, -0.2) is 44.5 Å². The van der Waals surface area contributed by atoms with E-state index in [4.69, 9.17) is 18.5 Å². The minimum absolute atomic E-state index is 0.338. The molecule has 0 aliphatic carbocycles. The predicted octanol–water partition coefficient (Wildman–Crippen LogP) is 6.37. The van der Waals surface area contributed by atoms with E-state index in [1.165, 1.54) is 0 Å². The minimum Gasteiger partial charge on any atom is -0.462 e. The standard InChI is InChI=1S/C24H43O7P/c1-6-32(27,30-19-15-11-7-9-13-17-28-23(25)21(2)3)31-20-16-12-8-10-14-18-29-24(26)22(4)5/h2,4,6-20H2,1,3,5H3. The van der Waals surface area contributed by atoms with Gasteiger partial charge in [0.2, 0.25) is 0 Å². The van der Waals surface area contributed by atoms with Gasteiger partial charge in [-0.25, -0.2) is 9.59 Å². The Balaban J connectivity index is 3.63. The molecule has 0 aromatic heterocycles. The SMILES string of the molecule is C=C(C)C(=O)OCCCCCCCOP(=O)(CC)OCCCCCCCOC(=O)C(=C)C. The lowest BCUT2D eigenvalue weighted by molar-refractivity contribution is -0.139. The van der Waals surface area contributed by atoms with Gasteiger partial charge in [-0.15, -0.1) is 0 Å². The first-order chi connectivity index (χ1) is 15.2.